The Bertz CT molecular complexity index is 609. The number of aliphatic hydroxyl groups is 1. The van der Waals surface area contributed by atoms with E-state index in [-0.39, 0.29) is 30.1 Å². The van der Waals surface area contributed by atoms with Gasteiger partial charge < -0.3 is 15.5 Å². The molecule has 3 N–H and O–H groups in total. The highest BCUT2D eigenvalue weighted by molar-refractivity contribution is 6.17. The molecule has 1 aromatic carbocycles. The van der Waals surface area contributed by atoms with Crippen molar-refractivity contribution in [2.75, 3.05) is 18.5 Å². The Morgan fingerprint density at radius 3 is 2.60 bits per heavy atom. The molecule has 0 aromatic heterocycles. The third-order valence-corrected chi connectivity index (χ3v) is 2.76. The van der Waals surface area contributed by atoms with Crippen LogP contribution in [0.1, 0.15) is 10.4 Å². The molecule has 2 amide bonds. The molecule has 1 aliphatic rings. The molecule has 0 saturated heterocycles. The predicted molar refractivity (Wildman–Crippen MR) is 68.9 cm³/mol. The molecule has 0 radical (unpaired) electrons. The lowest BCUT2D eigenvalue weighted by Gasteiger charge is -2.14. The number of β-amino-alcohol motifs (C(OH)–C–C–N with tert-alkyl or cyclic N) is 1. The standard InChI is InChI=1S/C13H12N2O5/c16-6-5-15-11(17)7-10(12(15)18)14-9-4-2-1-3-8(9)13(19)20/h1-4,7,14,16H,5-6H2,(H,19,20). The van der Waals surface area contributed by atoms with Crippen LogP contribution < -0.4 is 5.32 Å². The SMILES string of the molecule is O=C(O)c1ccccc1NC1=CC(=O)N(CCO)C1=O. The fraction of sp³-hybridized carbons (Fsp3) is 0.154. The molecule has 2 rings (SSSR count). The summed E-state index contributed by atoms with van der Waals surface area (Å²) in [5.74, 6) is -2.28. The van der Waals surface area contributed by atoms with Crippen LogP contribution in [0.3, 0.4) is 0 Å². The lowest BCUT2D eigenvalue weighted by molar-refractivity contribution is -0.137. The number of carbonyl (C=O) groups is 3. The molecular weight excluding hydrogens is 264 g/mol. The highest BCUT2D eigenvalue weighted by atomic mass is 16.4. The third kappa shape index (κ3) is 2.52. The maximum absolute atomic E-state index is 11.9. The minimum atomic E-state index is -1.14. The summed E-state index contributed by atoms with van der Waals surface area (Å²) in [6.07, 6.45) is 1.08. The Balaban J connectivity index is 2.24. The van der Waals surface area contributed by atoms with Crippen LogP contribution in [0.25, 0.3) is 0 Å². The fourth-order valence-corrected chi connectivity index (χ4v) is 1.83. The molecule has 1 aromatic rings. The number of benzene rings is 1. The first-order valence-electron chi connectivity index (χ1n) is 5.82. The van der Waals surface area contributed by atoms with Gasteiger partial charge in [-0.05, 0) is 12.1 Å². The second-order valence-corrected chi connectivity index (χ2v) is 4.05. The van der Waals surface area contributed by atoms with Crippen LogP contribution in [-0.4, -0.2) is 46.0 Å². The van der Waals surface area contributed by atoms with E-state index in [1.807, 2.05) is 0 Å². The molecule has 104 valence electrons. The highest BCUT2D eigenvalue weighted by Gasteiger charge is 2.31. The third-order valence-electron chi connectivity index (χ3n) is 2.76. The lowest BCUT2D eigenvalue weighted by Crippen LogP contribution is -2.34. The Morgan fingerprint density at radius 1 is 1.25 bits per heavy atom. The molecule has 7 heteroatoms. The molecule has 0 spiro atoms. The van der Waals surface area contributed by atoms with Gasteiger partial charge in [-0.15, -0.1) is 0 Å². The molecule has 20 heavy (non-hydrogen) atoms. The molecule has 0 atom stereocenters. The molecule has 0 saturated carbocycles. The fourth-order valence-electron chi connectivity index (χ4n) is 1.83. The van der Waals surface area contributed by atoms with Crippen molar-refractivity contribution in [1.82, 2.24) is 4.90 Å². The van der Waals surface area contributed by atoms with E-state index in [0.29, 0.717) is 0 Å². The summed E-state index contributed by atoms with van der Waals surface area (Å²) in [4.78, 5) is 35.4. The van der Waals surface area contributed by atoms with Gasteiger partial charge in [0.25, 0.3) is 11.8 Å². The van der Waals surface area contributed by atoms with E-state index in [1.165, 1.54) is 12.1 Å². The van der Waals surface area contributed by atoms with Crippen molar-refractivity contribution < 1.29 is 24.6 Å². The van der Waals surface area contributed by atoms with Gasteiger partial charge in [0.05, 0.1) is 24.4 Å². The van der Waals surface area contributed by atoms with Gasteiger partial charge in [0.15, 0.2) is 0 Å². The summed E-state index contributed by atoms with van der Waals surface area (Å²) >= 11 is 0. The van der Waals surface area contributed by atoms with Gasteiger partial charge in [-0.1, -0.05) is 12.1 Å². The van der Waals surface area contributed by atoms with Crippen LogP contribution in [0, 0.1) is 0 Å². The number of anilines is 1. The monoisotopic (exact) mass is 276 g/mol. The van der Waals surface area contributed by atoms with Crippen molar-refractivity contribution >= 4 is 23.5 Å². The van der Waals surface area contributed by atoms with E-state index in [0.717, 1.165) is 11.0 Å². The first kappa shape index (κ1) is 13.8. The number of carboxylic acids is 1. The van der Waals surface area contributed by atoms with Gasteiger partial charge >= 0.3 is 5.97 Å². The second-order valence-electron chi connectivity index (χ2n) is 4.05. The first-order chi connectivity index (χ1) is 9.54. The van der Waals surface area contributed by atoms with Gasteiger partial charge in [0.2, 0.25) is 0 Å². The molecule has 0 unspecified atom stereocenters. The number of nitrogens with zero attached hydrogens (tertiary/aromatic N) is 1. The topological polar surface area (TPSA) is 107 Å². The number of aliphatic hydroxyl groups excluding tert-OH is 1. The Hall–Kier alpha value is -2.67. The number of amides is 2. The van der Waals surface area contributed by atoms with Gasteiger partial charge in [-0.25, -0.2) is 4.79 Å². The number of para-hydroxylation sites is 1. The van der Waals surface area contributed by atoms with Crippen molar-refractivity contribution in [3.05, 3.63) is 41.6 Å². The smallest absolute Gasteiger partial charge is 0.337 e. The average molecular weight is 276 g/mol. The van der Waals surface area contributed by atoms with Crippen LogP contribution in [0.4, 0.5) is 5.69 Å². The van der Waals surface area contributed by atoms with Gasteiger partial charge in [-0.2, -0.15) is 0 Å². The second kappa shape index (κ2) is 5.54. The maximum atomic E-state index is 11.9. The number of nitrogens with one attached hydrogen (secondary N) is 1. The van der Waals surface area contributed by atoms with E-state index in [4.69, 9.17) is 10.2 Å². The number of imide groups is 1. The van der Waals surface area contributed by atoms with Crippen LogP contribution in [0.2, 0.25) is 0 Å². The minimum absolute atomic E-state index is 0.00532. The van der Waals surface area contributed by atoms with E-state index in [2.05, 4.69) is 5.32 Å². The molecular formula is C13H12N2O5. The van der Waals surface area contributed by atoms with Crippen molar-refractivity contribution in [1.29, 1.82) is 0 Å². The number of hydrogen-bond acceptors (Lipinski definition) is 5. The zero-order chi connectivity index (χ0) is 14.7. The highest BCUT2D eigenvalue weighted by Crippen LogP contribution is 2.20. The largest absolute Gasteiger partial charge is 0.478 e. The van der Waals surface area contributed by atoms with Crippen molar-refractivity contribution in [3.63, 3.8) is 0 Å². The van der Waals surface area contributed by atoms with E-state index >= 15 is 0 Å². The van der Waals surface area contributed by atoms with Crippen LogP contribution in [0.15, 0.2) is 36.0 Å². The Kier molecular flexibility index (Phi) is 3.81. The molecule has 1 heterocycles. The summed E-state index contributed by atoms with van der Waals surface area (Å²) in [7, 11) is 0. The van der Waals surface area contributed by atoms with Gasteiger partial charge in [0.1, 0.15) is 5.70 Å². The predicted octanol–water partition coefficient (Wildman–Crippen LogP) is 0.0417. The van der Waals surface area contributed by atoms with E-state index in [1.54, 1.807) is 12.1 Å². The maximum Gasteiger partial charge on any atom is 0.337 e. The van der Waals surface area contributed by atoms with Crippen molar-refractivity contribution in [2.24, 2.45) is 0 Å². The molecule has 7 nitrogen and oxygen atoms in total. The summed E-state index contributed by atoms with van der Waals surface area (Å²) < 4.78 is 0. The minimum Gasteiger partial charge on any atom is -0.478 e. The number of hydrogen-bond donors (Lipinski definition) is 3. The van der Waals surface area contributed by atoms with Gasteiger partial charge in [0, 0.05) is 6.08 Å². The van der Waals surface area contributed by atoms with E-state index < -0.39 is 17.8 Å². The van der Waals surface area contributed by atoms with E-state index in [9.17, 15) is 14.4 Å². The number of aromatic carboxylic acids is 1. The van der Waals surface area contributed by atoms with Gasteiger partial charge in [-0.3, -0.25) is 14.5 Å². The zero-order valence-corrected chi connectivity index (χ0v) is 10.4. The number of carbonyl (C=O) groups excluding carboxylic acids is 2. The van der Waals surface area contributed by atoms with Crippen LogP contribution in [-0.2, 0) is 9.59 Å². The summed E-state index contributed by atoms with van der Waals surface area (Å²) in [6, 6.07) is 6.06. The molecule has 0 bridgehead atoms. The normalized spacial score (nSPS) is 14.4. The van der Waals surface area contributed by atoms with Crippen LogP contribution >= 0.6 is 0 Å². The Morgan fingerprint density at radius 2 is 1.95 bits per heavy atom. The Labute approximate surface area is 114 Å². The molecule has 0 aliphatic carbocycles. The average Bonchev–Trinajstić information content (AvgIpc) is 2.67. The van der Waals surface area contributed by atoms with Crippen molar-refractivity contribution in [2.45, 2.75) is 0 Å². The molecule has 1 aliphatic heterocycles. The zero-order valence-electron chi connectivity index (χ0n) is 10.4. The quantitative estimate of drug-likeness (QED) is 0.656. The lowest BCUT2D eigenvalue weighted by atomic mass is 10.1. The summed E-state index contributed by atoms with van der Waals surface area (Å²) in [5, 5.41) is 20.5. The number of rotatable bonds is 5. The van der Waals surface area contributed by atoms with Crippen molar-refractivity contribution in [3.8, 4) is 0 Å². The summed E-state index contributed by atoms with van der Waals surface area (Å²) in [5.41, 5.74) is 0.199. The summed E-state index contributed by atoms with van der Waals surface area (Å²) in [6.45, 7) is -0.426. The molecule has 0 fully saturated rings. The van der Waals surface area contributed by atoms with Crippen LogP contribution in [0.5, 0.6) is 0 Å². The first-order valence-corrected chi connectivity index (χ1v) is 5.82. The number of carboxylic acid groups (broad SMARTS) is 1.